The van der Waals surface area contributed by atoms with Crippen LogP contribution in [-0.4, -0.2) is 32.6 Å². The number of aromatic hydroxyl groups is 1. The molecule has 208 valence electrons. The van der Waals surface area contributed by atoms with Crippen LogP contribution in [0.4, 0.5) is 11.4 Å². The van der Waals surface area contributed by atoms with Crippen molar-refractivity contribution in [2.45, 2.75) is 22.7 Å². The summed E-state index contributed by atoms with van der Waals surface area (Å²) in [6.45, 7) is -0.324. The lowest BCUT2D eigenvalue weighted by Gasteiger charge is -2.31. The summed E-state index contributed by atoms with van der Waals surface area (Å²) in [5.74, 6) is -2.93. The molecule has 41 heavy (non-hydrogen) atoms. The van der Waals surface area contributed by atoms with E-state index in [1.165, 1.54) is 28.8 Å². The van der Waals surface area contributed by atoms with Crippen LogP contribution in [0.5, 0.6) is 5.75 Å². The van der Waals surface area contributed by atoms with Gasteiger partial charge in [0.05, 0.1) is 26.7 Å². The number of imide groups is 1. The standard InChI is InChI=1S/C28H18Cl3N3O5S2/c29-13-4-8-15(9-5-13)34-25(37)21-20(17-2-1-3-18(30)22(17)31)24-27(40-23(21)26(34)38)33(28(39)41-24)12-19(36)32-14-6-10-16(35)11-7-14/h1-11,20-21,23,35H,12H2,(H,32,36)/t20-,21-,23+/m0/s1. The number of aromatic nitrogens is 1. The summed E-state index contributed by atoms with van der Waals surface area (Å²) in [6.07, 6.45) is 0. The molecule has 4 aromatic rings. The molecule has 8 nitrogen and oxygen atoms in total. The summed E-state index contributed by atoms with van der Waals surface area (Å²) in [6, 6.07) is 17.4. The number of thiazole rings is 1. The highest BCUT2D eigenvalue weighted by molar-refractivity contribution is 8.00. The van der Waals surface area contributed by atoms with Gasteiger partial charge in [-0.05, 0) is 60.2 Å². The van der Waals surface area contributed by atoms with Crippen LogP contribution in [0.1, 0.15) is 16.4 Å². The summed E-state index contributed by atoms with van der Waals surface area (Å²) in [7, 11) is 0. The van der Waals surface area contributed by atoms with Gasteiger partial charge < -0.3 is 10.4 Å². The number of benzene rings is 3. The Bertz CT molecular complexity index is 1770. The Morgan fingerprint density at radius 2 is 1.63 bits per heavy atom. The number of nitrogens with zero attached hydrogens (tertiary/aromatic N) is 2. The van der Waals surface area contributed by atoms with Gasteiger partial charge in [0.2, 0.25) is 17.7 Å². The predicted octanol–water partition coefficient (Wildman–Crippen LogP) is 6.01. The fraction of sp³-hybridized carbons (Fsp3) is 0.143. The normalized spacial score (nSPS) is 19.7. The number of anilines is 2. The maximum Gasteiger partial charge on any atom is 0.308 e. The number of fused-ring (bicyclic) bond motifs is 2. The lowest BCUT2D eigenvalue weighted by atomic mass is 9.83. The SMILES string of the molecule is O=C(Cn1c2c(sc1=O)[C@@H](c1cccc(Cl)c1Cl)[C@@H]1C(=O)N(c3ccc(Cl)cc3)C(=O)[C@@H]1S2)Nc1ccc(O)cc1. The average Bonchev–Trinajstić information content (AvgIpc) is 3.38. The predicted molar refractivity (Wildman–Crippen MR) is 161 cm³/mol. The zero-order valence-corrected chi connectivity index (χ0v) is 24.6. The highest BCUT2D eigenvalue weighted by Crippen LogP contribution is 2.55. The third-order valence-corrected chi connectivity index (χ3v) is 10.6. The number of amides is 3. The van der Waals surface area contributed by atoms with Crippen molar-refractivity contribution in [2.75, 3.05) is 10.2 Å². The topological polar surface area (TPSA) is 109 Å². The molecule has 0 unspecified atom stereocenters. The maximum atomic E-state index is 13.9. The molecule has 0 saturated carbocycles. The first-order chi connectivity index (χ1) is 19.6. The molecule has 0 spiro atoms. The second kappa shape index (κ2) is 10.8. The Kier molecular flexibility index (Phi) is 7.37. The molecule has 0 radical (unpaired) electrons. The maximum absolute atomic E-state index is 13.9. The third kappa shape index (κ3) is 4.93. The fourth-order valence-corrected chi connectivity index (χ4v) is 8.40. The van der Waals surface area contributed by atoms with Crippen LogP contribution in [0.2, 0.25) is 15.1 Å². The first-order valence-electron chi connectivity index (χ1n) is 12.2. The number of phenolic OH excluding ortho intramolecular Hbond substituents is 1. The van der Waals surface area contributed by atoms with Crippen LogP contribution in [0, 0.1) is 5.92 Å². The molecule has 3 atom stereocenters. The summed E-state index contributed by atoms with van der Waals surface area (Å²) >= 11 is 21.0. The van der Waals surface area contributed by atoms with E-state index in [1.807, 2.05) is 0 Å². The molecule has 3 aromatic carbocycles. The van der Waals surface area contributed by atoms with Crippen molar-refractivity contribution < 1.29 is 19.5 Å². The van der Waals surface area contributed by atoms with Crippen molar-refractivity contribution in [3.63, 3.8) is 0 Å². The molecule has 2 N–H and O–H groups in total. The number of carbonyl (C=O) groups is 3. The van der Waals surface area contributed by atoms with Crippen LogP contribution in [0.3, 0.4) is 0 Å². The number of hydrogen-bond acceptors (Lipinski definition) is 7. The van der Waals surface area contributed by atoms with Crippen molar-refractivity contribution in [3.05, 3.63) is 102 Å². The van der Waals surface area contributed by atoms with Crippen LogP contribution < -0.4 is 15.1 Å². The number of rotatable bonds is 5. The molecule has 3 heterocycles. The molecule has 1 saturated heterocycles. The number of carbonyl (C=O) groups excluding carboxylic acids is 3. The molecule has 0 aliphatic carbocycles. The van der Waals surface area contributed by atoms with Gasteiger partial charge in [-0.1, -0.05) is 70.0 Å². The van der Waals surface area contributed by atoms with Crippen LogP contribution in [0.15, 0.2) is 76.6 Å². The monoisotopic (exact) mass is 645 g/mol. The molecular formula is C28H18Cl3N3O5S2. The number of thioether (sulfide) groups is 1. The minimum absolute atomic E-state index is 0.0474. The average molecular weight is 647 g/mol. The molecule has 1 aromatic heterocycles. The molecule has 1 fully saturated rings. The summed E-state index contributed by atoms with van der Waals surface area (Å²) < 4.78 is 1.31. The molecule has 3 amide bonds. The molecular weight excluding hydrogens is 629 g/mol. The van der Waals surface area contributed by atoms with E-state index in [1.54, 1.807) is 42.5 Å². The van der Waals surface area contributed by atoms with Gasteiger partial charge in [-0.2, -0.15) is 0 Å². The van der Waals surface area contributed by atoms with Gasteiger partial charge in [0.25, 0.3) is 0 Å². The van der Waals surface area contributed by atoms with Gasteiger partial charge >= 0.3 is 4.87 Å². The first kappa shape index (κ1) is 27.9. The lowest BCUT2D eigenvalue weighted by molar-refractivity contribution is -0.122. The van der Waals surface area contributed by atoms with Gasteiger partial charge in [0, 0.05) is 21.5 Å². The van der Waals surface area contributed by atoms with Crippen molar-refractivity contribution >= 4 is 87.0 Å². The van der Waals surface area contributed by atoms with Crippen molar-refractivity contribution in [2.24, 2.45) is 5.92 Å². The van der Waals surface area contributed by atoms with E-state index in [0.717, 1.165) is 28.0 Å². The van der Waals surface area contributed by atoms with Crippen molar-refractivity contribution in [3.8, 4) is 5.75 Å². The zero-order chi connectivity index (χ0) is 29.0. The van der Waals surface area contributed by atoms with E-state index in [4.69, 9.17) is 34.8 Å². The minimum Gasteiger partial charge on any atom is -0.508 e. The van der Waals surface area contributed by atoms with E-state index in [2.05, 4.69) is 5.32 Å². The summed E-state index contributed by atoms with van der Waals surface area (Å²) in [5.41, 5.74) is 1.33. The van der Waals surface area contributed by atoms with E-state index in [9.17, 15) is 24.3 Å². The van der Waals surface area contributed by atoms with Crippen LogP contribution >= 0.6 is 57.9 Å². The van der Waals surface area contributed by atoms with Crippen molar-refractivity contribution in [1.29, 1.82) is 0 Å². The van der Waals surface area contributed by atoms with Crippen LogP contribution in [0.25, 0.3) is 0 Å². The zero-order valence-electron chi connectivity index (χ0n) is 20.7. The van der Waals surface area contributed by atoms with Gasteiger partial charge in [0.1, 0.15) is 17.5 Å². The Morgan fingerprint density at radius 3 is 2.34 bits per heavy atom. The smallest absolute Gasteiger partial charge is 0.308 e. The highest BCUT2D eigenvalue weighted by atomic mass is 35.5. The van der Waals surface area contributed by atoms with Crippen LogP contribution in [-0.2, 0) is 20.9 Å². The first-order valence-corrected chi connectivity index (χ1v) is 15.0. The van der Waals surface area contributed by atoms with E-state index < -0.39 is 39.7 Å². The van der Waals surface area contributed by atoms with Gasteiger partial charge in [0.15, 0.2) is 0 Å². The molecule has 2 aliphatic heterocycles. The number of halogens is 3. The van der Waals surface area contributed by atoms with Gasteiger partial charge in [-0.15, -0.1) is 0 Å². The molecule has 6 rings (SSSR count). The molecule has 2 aliphatic rings. The summed E-state index contributed by atoms with van der Waals surface area (Å²) in [4.78, 5) is 55.2. The van der Waals surface area contributed by atoms with E-state index in [0.29, 0.717) is 31.9 Å². The Morgan fingerprint density at radius 1 is 0.927 bits per heavy atom. The highest BCUT2D eigenvalue weighted by Gasteiger charge is 2.57. The Labute approximate surface area is 256 Å². The Balaban J connectivity index is 1.43. The quantitative estimate of drug-likeness (QED) is 0.203. The number of hydrogen-bond donors (Lipinski definition) is 2. The second-order valence-corrected chi connectivity index (χ2v) is 12.7. The Hall–Kier alpha value is -3.28. The third-order valence-electron chi connectivity index (χ3n) is 6.90. The number of phenols is 1. The fourth-order valence-electron chi connectivity index (χ4n) is 5.08. The largest absolute Gasteiger partial charge is 0.508 e. The number of nitrogens with one attached hydrogen (secondary N) is 1. The van der Waals surface area contributed by atoms with Gasteiger partial charge in [-0.25, -0.2) is 4.90 Å². The molecule has 13 heteroatoms. The minimum atomic E-state index is -0.883. The summed E-state index contributed by atoms with van der Waals surface area (Å²) in [5, 5.41) is 12.7. The lowest BCUT2D eigenvalue weighted by Crippen LogP contribution is -2.33. The molecule has 0 bridgehead atoms. The van der Waals surface area contributed by atoms with E-state index in [-0.39, 0.29) is 22.3 Å². The van der Waals surface area contributed by atoms with E-state index >= 15 is 0 Å². The second-order valence-electron chi connectivity index (χ2n) is 9.39. The van der Waals surface area contributed by atoms with Crippen molar-refractivity contribution in [1.82, 2.24) is 4.57 Å². The van der Waals surface area contributed by atoms with Gasteiger partial charge in [-0.3, -0.25) is 23.7 Å².